The minimum Gasteiger partial charge on any atom is -0.495 e. The highest BCUT2D eigenvalue weighted by atomic mass is 32.2. The lowest BCUT2D eigenvalue weighted by molar-refractivity contribution is -0.121. The molecule has 0 fully saturated rings. The van der Waals surface area contributed by atoms with Gasteiger partial charge < -0.3 is 14.8 Å². The lowest BCUT2D eigenvalue weighted by atomic mass is 10.1. The summed E-state index contributed by atoms with van der Waals surface area (Å²) in [6.45, 7) is 7.90. The van der Waals surface area contributed by atoms with Crippen molar-refractivity contribution in [2.45, 2.75) is 33.7 Å². The number of rotatable bonds is 9. The Hall–Kier alpha value is -2.74. The van der Waals surface area contributed by atoms with Crippen LogP contribution in [0.1, 0.15) is 23.6 Å². The smallest absolute Gasteiger partial charge is 0.243 e. The lowest BCUT2D eigenvalue weighted by Crippen LogP contribution is -2.48. The molecule has 0 spiro atoms. The third-order valence-electron chi connectivity index (χ3n) is 4.87. The second-order valence-corrected chi connectivity index (χ2v) is 9.11. The fourth-order valence-corrected chi connectivity index (χ4v) is 4.29. The molecule has 0 heterocycles. The SMILES string of the molecule is COc1ccc(C)cc1N([C@H](C)C(=O)NCCOc1cccc(C)c1C)S(C)(=O)=O. The number of amides is 1. The first-order valence-electron chi connectivity index (χ1n) is 9.67. The van der Waals surface area contributed by atoms with Gasteiger partial charge in [0.2, 0.25) is 15.9 Å². The van der Waals surface area contributed by atoms with E-state index in [-0.39, 0.29) is 13.2 Å². The quantitative estimate of drug-likeness (QED) is 0.614. The number of ether oxygens (including phenoxy) is 2. The zero-order valence-corrected chi connectivity index (χ0v) is 19.2. The number of aryl methyl sites for hydroxylation is 2. The molecule has 164 valence electrons. The Labute approximate surface area is 179 Å². The highest BCUT2D eigenvalue weighted by Crippen LogP contribution is 2.32. The van der Waals surface area contributed by atoms with Crippen LogP contribution in [-0.2, 0) is 14.8 Å². The van der Waals surface area contributed by atoms with Crippen LogP contribution in [0.5, 0.6) is 11.5 Å². The summed E-state index contributed by atoms with van der Waals surface area (Å²) in [5, 5.41) is 2.75. The molecular weight excluding hydrogens is 404 g/mol. The normalized spacial score (nSPS) is 12.2. The maximum Gasteiger partial charge on any atom is 0.243 e. The fraction of sp³-hybridized carbons (Fsp3) is 0.409. The summed E-state index contributed by atoms with van der Waals surface area (Å²) in [4.78, 5) is 12.7. The number of anilines is 1. The van der Waals surface area contributed by atoms with Gasteiger partial charge in [-0.1, -0.05) is 18.2 Å². The summed E-state index contributed by atoms with van der Waals surface area (Å²) >= 11 is 0. The maximum atomic E-state index is 12.7. The van der Waals surface area contributed by atoms with Crippen molar-refractivity contribution in [3.8, 4) is 11.5 Å². The first kappa shape index (κ1) is 23.5. The molecule has 1 atom stereocenters. The standard InChI is InChI=1S/C22H30N2O5S/c1-15-10-11-21(28-5)19(14-15)24(30(6,26)27)18(4)22(25)23-12-13-29-20-9-7-8-16(2)17(20)3/h7-11,14,18H,12-13H2,1-6H3,(H,23,25)/t18-/m1/s1. The van der Waals surface area contributed by atoms with Crippen molar-refractivity contribution in [3.05, 3.63) is 53.1 Å². The summed E-state index contributed by atoms with van der Waals surface area (Å²) in [5.41, 5.74) is 3.36. The topological polar surface area (TPSA) is 84.9 Å². The third kappa shape index (κ3) is 5.66. The zero-order chi connectivity index (χ0) is 22.5. The minimum atomic E-state index is -3.73. The molecule has 1 amide bonds. The van der Waals surface area contributed by atoms with Crippen LogP contribution in [0.15, 0.2) is 36.4 Å². The van der Waals surface area contributed by atoms with Crippen LogP contribution < -0.4 is 19.1 Å². The number of hydrogen-bond donors (Lipinski definition) is 1. The van der Waals surface area contributed by atoms with E-state index in [9.17, 15) is 13.2 Å². The van der Waals surface area contributed by atoms with Gasteiger partial charge in [0.1, 0.15) is 24.1 Å². The van der Waals surface area contributed by atoms with E-state index in [0.717, 1.165) is 33.0 Å². The molecule has 0 saturated carbocycles. The van der Waals surface area contributed by atoms with Crippen molar-refractivity contribution in [2.24, 2.45) is 0 Å². The summed E-state index contributed by atoms with van der Waals surface area (Å²) < 4.78 is 37.2. The molecule has 0 aliphatic carbocycles. The van der Waals surface area contributed by atoms with Crippen LogP contribution in [0.25, 0.3) is 0 Å². The van der Waals surface area contributed by atoms with E-state index in [4.69, 9.17) is 9.47 Å². The number of carbonyl (C=O) groups excluding carboxylic acids is 1. The Morgan fingerprint density at radius 2 is 1.83 bits per heavy atom. The number of sulfonamides is 1. The zero-order valence-electron chi connectivity index (χ0n) is 18.4. The number of nitrogens with one attached hydrogen (secondary N) is 1. The van der Waals surface area contributed by atoms with Gasteiger partial charge in [0.25, 0.3) is 0 Å². The van der Waals surface area contributed by atoms with Crippen molar-refractivity contribution in [1.82, 2.24) is 5.32 Å². The Kier molecular flexibility index (Phi) is 7.72. The minimum absolute atomic E-state index is 0.249. The van der Waals surface area contributed by atoms with E-state index in [2.05, 4.69) is 5.32 Å². The van der Waals surface area contributed by atoms with E-state index in [1.165, 1.54) is 7.11 Å². The second kappa shape index (κ2) is 9.84. The highest BCUT2D eigenvalue weighted by molar-refractivity contribution is 7.92. The number of benzene rings is 2. The van der Waals surface area contributed by atoms with Gasteiger partial charge in [0.15, 0.2) is 0 Å². The predicted molar refractivity (Wildman–Crippen MR) is 119 cm³/mol. The monoisotopic (exact) mass is 434 g/mol. The van der Waals surface area contributed by atoms with E-state index in [1.807, 2.05) is 45.0 Å². The van der Waals surface area contributed by atoms with Crippen molar-refractivity contribution < 1.29 is 22.7 Å². The van der Waals surface area contributed by atoms with Gasteiger partial charge in [-0.2, -0.15) is 0 Å². The molecule has 8 heteroatoms. The molecule has 1 N–H and O–H groups in total. The van der Waals surface area contributed by atoms with Crippen molar-refractivity contribution in [1.29, 1.82) is 0 Å². The van der Waals surface area contributed by atoms with Crippen LogP contribution in [-0.4, -0.2) is 46.9 Å². The molecule has 30 heavy (non-hydrogen) atoms. The molecule has 0 aliphatic heterocycles. The van der Waals surface area contributed by atoms with Gasteiger partial charge in [0, 0.05) is 0 Å². The molecule has 2 aromatic carbocycles. The number of nitrogens with zero attached hydrogens (tertiary/aromatic N) is 1. The van der Waals surface area contributed by atoms with Crippen molar-refractivity contribution >= 4 is 21.6 Å². The molecule has 0 aromatic heterocycles. The van der Waals surface area contributed by atoms with E-state index < -0.39 is 22.0 Å². The summed E-state index contributed by atoms with van der Waals surface area (Å²) in [7, 11) is -2.27. The largest absolute Gasteiger partial charge is 0.495 e. The average Bonchev–Trinajstić information content (AvgIpc) is 2.67. The van der Waals surface area contributed by atoms with Crippen LogP contribution in [0.4, 0.5) is 5.69 Å². The number of carbonyl (C=O) groups is 1. The number of methoxy groups -OCH3 is 1. The number of hydrogen-bond acceptors (Lipinski definition) is 5. The van der Waals surface area contributed by atoms with Crippen LogP contribution in [0.3, 0.4) is 0 Å². The Bertz CT molecular complexity index is 1000. The van der Waals surface area contributed by atoms with Crippen LogP contribution in [0.2, 0.25) is 0 Å². The second-order valence-electron chi connectivity index (χ2n) is 7.25. The molecule has 0 radical (unpaired) electrons. The van der Waals surface area contributed by atoms with Gasteiger partial charge in [-0.25, -0.2) is 8.42 Å². The summed E-state index contributed by atoms with van der Waals surface area (Å²) in [6.07, 6.45) is 1.07. The average molecular weight is 435 g/mol. The van der Waals surface area contributed by atoms with E-state index in [1.54, 1.807) is 19.1 Å². The van der Waals surface area contributed by atoms with Gasteiger partial charge in [-0.15, -0.1) is 0 Å². The van der Waals surface area contributed by atoms with Crippen LogP contribution >= 0.6 is 0 Å². The predicted octanol–water partition coefficient (Wildman–Crippen LogP) is 2.97. The third-order valence-corrected chi connectivity index (χ3v) is 6.10. The van der Waals surface area contributed by atoms with Gasteiger partial charge in [0.05, 0.1) is 25.6 Å². The molecule has 2 aromatic rings. The summed E-state index contributed by atoms with van der Waals surface area (Å²) in [6, 6.07) is 10.0. The fourth-order valence-electron chi connectivity index (χ4n) is 3.12. The Morgan fingerprint density at radius 3 is 2.47 bits per heavy atom. The molecular formula is C22H30N2O5S. The van der Waals surface area contributed by atoms with Gasteiger partial charge in [-0.05, 0) is 62.6 Å². The van der Waals surface area contributed by atoms with Crippen molar-refractivity contribution in [3.63, 3.8) is 0 Å². The highest BCUT2D eigenvalue weighted by Gasteiger charge is 2.31. The first-order chi connectivity index (χ1) is 14.1. The molecule has 0 unspecified atom stereocenters. The Morgan fingerprint density at radius 1 is 1.13 bits per heavy atom. The lowest BCUT2D eigenvalue weighted by Gasteiger charge is -2.29. The Balaban J connectivity index is 2.10. The first-order valence-corrected chi connectivity index (χ1v) is 11.5. The molecule has 0 bridgehead atoms. The maximum absolute atomic E-state index is 12.7. The molecule has 0 aliphatic rings. The van der Waals surface area contributed by atoms with Gasteiger partial charge in [-0.3, -0.25) is 9.10 Å². The van der Waals surface area contributed by atoms with Crippen molar-refractivity contribution in [2.75, 3.05) is 30.8 Å². The summed E-state index contributed by atoms with van der Waals surface area (Å²) in [5.74, 6) is 0.719. The molecule has 7 nitrogen and oxygen atoms in total. The molecule has 2 rings (SSSR count). The molecule has 0 saturated heterocycles. The van der Waals surface area contributed by atoms with Crippen LogP contribution in [0, 0.1) is 20.8 Å². The van der Waals surface area contributed by atoms with E-state index in [0.29, 0.717) is 11.4 Å². The van der Waals surface area contributed by atoms with E-state index >= 15 is 0 Å². The van der Waals surface area contributed by atoms with Gasteiger partial charge >= 0.3 is 0 Å².